The summed E-state index contributed by atoms with van der Waals surface area (Å²) < 4.78 is 10.9. The van der Waals surface area contributed by atoms with Gasteiger partial charge in [-0.2, -0.15) is 0 Å². The summed E-state index contributed by atoms with van der Waals surface area (Å²) in [7, 11) is 1.53. The van der Waals surface area contributed by atoms with E-state index in [1.807, 2.05) is 0 Å². The maximum Gasteiger partial charge on any atom is 0.335 e. The second-order valence-corrected chi connectivity index (χ2v) is 8.96. The molecule has 0 aromatic heterocycles. The molecule has 0 spiro atoms. The number of carboxylic acids is 1. The Hall–Kier alpha value is -3.92. The lowest BCUT2D eigenvalue weighted by atomic mass is 10.1. The Bertz CT molecular complexity index is 1420. The van der Waals surface area contributed by atoms with Gasteiger partial charge in [-0.1, -0.05) is 35.3 Å². The first-order chi connectivity index (χ1) is 17.7. The quantitative estimate of drug-likeness (QED) is 0.236. The summed E-state index contributed by atoms with van der Waals surface area (Å²) in [6.45, 7) is 0.0922. The van der Waals surface area contributed by atoms with Crippen LogP contribution in [0.5, 0.6) is 11.5 Å². The summed E-state index contributed by atoms with van der Waals surface area (Å²) in [4.78, 5) is 38.0. The van der Waals surface area contributed by atoms with Gasteiger partial charge in [-0.3, -0.25) is 19.8 Å². The van der Waals surface area contributed by atoms with E-state index in [4.69, 9.17) is 50.0 Å². The Kier molecular flexibility index (Phi) is 7.77. The number of hydrogen-bond acceptors (Lipinski definition) is 6. The third kappa shape index (κ3) is 5.75. The number of rotatable bonds is 7. The van der Waals surface area contributed by atoms with Gasteiger partial charge in [-0.05, 0) is 78.0 Å². The highest BCUT2D eigenvalue weighted by molar-refractivity contribution is 7.80. The Balaban J connectivity index is 1.56. The Morgan fingerprint density at radius 2 is 1.68 bits per heavy atom. The first-order valence-corrected chi connectivity index (χ1v) is 11.8. The number of aromatic carboxylic acids is 1. The maximum atomic E-state index is 13.2. The number of hydrogen-bond donors (Lipinski definition) is 2. The standard InChI is InChI=1S/C26H18Cl2N2O6S/c1-35-18-8-6-17(7-9-18)30-24(32)19(23(31)29-26(30)37)10-15-11-20(27)22(21(28)12-15)36-13-14-2-4-16(5-3-14)25(33)34/h2-12H,13H2,1H3,(H,33,34)(H,29,31,37)/b19-10+. The molecule has 3 aromatic carbocycles. The molecule has 4 rings (SSSR count). The first-order valence-electron chi connectivity index (χ1n) is 10.7. The van der Waals surface area contributed by atoms with Gasteiger partial charge in [-0.25, -0.2) is 4.79 Å². The number of benzene rings is 3. The van der Waals surface area contributed by atoms with Gasteiger partial charge in [0, 0.05) is 0 Å². The van der Waals surface area contributed by atoms with Gasteiger partial charge in [-0.15, -0.1) is 0 Å². The lowest BCUT2D eigenvalue weighted by molar-refractivity contribution is -0.122. The van der Waals surface area contributed by atoms with E-state index < -0.39 is 17.8 Å². The molecule has 0 unspecified atom stereocenters. The number of nitrogens with zero attached hydrogens (tertiary/aromatic N) is 1. The van der Waals surface area contributed by atoms with E-state index in [2.05, 4.69) is 5.32 Å². The zero-order chi connectivity index (χ0) is 26.7. The molecule has 0 aliphatic carbocycles. The van der Waals surface area contributed by atoms with Gasteiger partial charge in [0.2, 0.25) is 0 Å². The van der Waals surface area contributed by atoms with Crippen molar-refractivity contribution in [1.82, 2.24) is 5.32 Å². The van der Waals surface area contributed by atoms with Gasteiger partial charge >= 0.3 is 5.97 Å². The van der Waals surface area contributed by atoms with Crippen LogP contribution in [0.3, 0.4) is 0 Å². The van der Waals surface area contributed by atoms with Crippen molar-refractivity contribution < 1.29 is 29.0 Å². The van der Waals surface area contributed by atoms with Crippen LogP contribution in [-0.2, 0) is 16.2 Å². The van der Waals surface area contributed by atoms with Crippen LogP contribution in [0.15, 0.2) is 66.2 Å². The summed E-state index contributed by atoms with van der Waals surface area (Å²) >= 11 is 18.0. The number of methoxy groups -OCH3 is 1. The summed E-state index contributed by atoms with van der Waals surface area (Å²) in [6, 6.07) is 15.8. The highest BCUT2D eigenvalue weighted by atomic mass is 35.5. The molecule has 0 radical (unpaired) electrons. The van der Waals surface area contributed by atoms with E-state index in [0.717, 1.165) is 0 Å². The van der Waals surface area contributed by atoms with E-state index in [0.29, 0.717) is 22.6 Å². The molecule has 0 atom stereocenters. The monoisotopic (exact) mass is 556 g/mol. The van der Waals surface area contributed by atoms with E-state index in [1.165, 1.54) is 42.4 Å². The van der Waals surface area contributed by atoms with Crippen molar-refractivity contribution in [3.8, 4) is 11.5 Å². The minimum absolute atomic E-state index is 0.0477. The zero-order valence-electron chi connectivity index (χ0n) is 19.2. The van der Waals surface area contributed by atoms with Gasteiger partial charge in [0.15, 0.2) is 10.9 Å². The second kappa shape index (κ2) is 11.0. The van der Waals surface area contributed by atoms with Crippen LogP contribution in [0, 0.1) is 0 Å². The van der Waals surface area contributed by atoms with Crippen LogP contribution in [0.2, 0.25) is 10.0 Å². The number of carbonyl (C=O) groups excluding carboxylic acids is 2. The highest BCUT2D eigenvalue weighted by Crippen LogP contribution is 2.36. The van der Waals surface area contributed by atoms with Crippen molar-refractivity contribution in [2.45, 2.75) is 6.61 Å². The van der Waals surface area contributed by atoms with Crippen LogP contribution < -0.4 is 19.7 Å². The highest BCUT2D eigenvalue weighted by Gasteiger charge is 2.34. The van der Waals surface area contributed by atoms with Crippen molar-refractivity contribution in [3.63, 3.8) is 0 Å². The number of amides is 2. The van der Waals surface area contributed by atoms with E-state index in [1.54, 1.807) is 36.4 Å². The molecule has 0 bridgehead atoms. The molecule has 1 aliphatic rings. The van der Waals surface area contributed by atoms with Crippen molar-refractivity contribution in [2.24, 2.45) is 0 Å². The molecule has 11 heteroatoms. The topological polar surface area (TPSA) is 105 Å². The van der Waals surface area contributed by atoms with Crippen molar-refractivity contribution in [2.75, 3.05) is 12.0 Å². The molecule has 1 saturated heterocycles. The second-order valence-electron chi connectivity index (χ2n) is 7.76. The van der Waals surface area contributed by atoms with Gasteiger partial charge in [0.1, 0.15) is 17.9 Å². The number of halogens is 2. The van der Waals surface area contributed by atoms with E-state index in [-0.39, 0.29) is 38.7 Å². The molecular formula is C26H18Cl2N2O6S. The smallest absolute Gasteiger partial charge is 0.335 e. The minimum Gasteiger partial charge on any atom is -0.497 e. The molecule has 188 valence electrons. The summed E-state index contributed by atoms with van der Waals surface area (Å²) in [5, 5.41) is 11.8. The molecule has 0 saturated carbocycles. The number of carbonyl (C=O) groups is 3. The fraction of sp³-hybridized carbons (Fsp3) is 0.0769. The Labute approximate surface area is 227 Å². The van der Waals surface area contributed by atoms with Crippen LogP contribution in [0.1, 0.15) is 21.5 Å². The van der Waals surface area contributed by atoms with Crippen molar-refractivity contribution in [1.29, 1.82) is 0 Å². The molecule has 1 heterocycles. The third-order valence-corrected chi connectivity index (χ3v) is 6.19. The normalized spacial score (nSPS) is 14.5. The maximum absolute atomic E-state index is 13.2. The first kappa shape index (κ1) is 26.2. The molecule has 1 aliphatic heterocycles. The summed E-state index contributed by atoms with van der Waals surface area (Å²) in [5.74, 6) is -1.49. The van der Waals surface area contributed by atoms with Crippen molar-refractivity contribution >= 4 is 70.1 Å². The molecular weight excluding hydrogens is 539 g/mol. The molecule has 2 N–H and O–H groups in total. The molecule has 3 aromatic rings. The fourth-order valence-corrected chi connectivity index (χ4v) is 4.38. The van der Waals surface area contributed by atoms with Crippen LogP contribution >= 0.6 is 35.4 Å². The van der Waals surface area contributed by atoms with Crippen molar-refractivity contribution in [3.05, 3.63) is 93.0 Å². The predicted molar refractivity (Wildman–Crippen MR) is 143 cm³/mol. The van der Waals surface area contributed by atoms with Crippen LogP contribution in [0.4, 0.5) is 5.69 Å². The molecule has 1 fully saturated rings. The Morgan fingerprint density at radius 1 is 1.05 bits per heavy atom. The average molecular weight is 557 g/mol. The largest absolute Gasteiger partial charge is 0.497 e. The lowest BCUT2D eigenvalue weighted by Gasteiger charge is -2.29. The average Bonchev–Trinajstić information content (AvgIpc) is 2.86. The number of thiocarbonyl (C=S) groups is 1. The fourth-order valence-electron chi connectivity index (χ4n) is 3.49. The van der Waals surface area contributed by atoms with E-state index >= 15 is 0 Å². The Morgan fingerprint density at radius 3 is 2.24 bits per heavy atom. The van der Waals surface area contributed by atoms with Gasteiger partial charge in [0.25, 0.3) is 11.8 Å². The summed E-state index contributed by atoms with van der Waals surface area (Å²) in [5.41, 5.74) is 1.56. The van der Waals surface area contributed by atoms with Crippen LogP contribution in [0.25, 0.3) is 6.08 Å². The summed E-state index contributed by atoms with van der Waals surface area (Å²) in [6.07, 6.45) is 1.36. The zero-order valence-corrected chi connectivity index (χ0v) is 21.5. The molecule has 37 heavy (non-hydrogen) atoms. The lowest BCUT2D eigenvalue weighted by Crippen LogP contribution is -2.54. The number of nitrogens with one attached hydrogen (secondary N) is 1. The predicted octanol–water partition coefficient (Wildman–Crippen LogP) is 5.11. The van der Waals surface area contributed by atoms with Gasteiger partial charge in [0.05, 0.1) is 28.4 Å². The van der Waals surface area contributed by atoms with Gasteiger partial charge < -0.3 is 14.6 Å². The van der Waals surface area contributed by atoms with E-state index in [9.17, 15) is 14.4 Å². The number of carboxylic acid groups (broad SMARTS) is 1. The SMILES string of the molecule is COc1ccc(N2C(=O)/C(=C/c3cc(Cl)c(OCc4ccc(C(=O)O)cc4)c(Cl)c3)C(=O)NC2=S)cc1. The molecule has 8 nitrogen and oxygen atoms in total. The third-order valence-electron chi connectivity index (χ3n) is 5.35. The number of anilines is 1. The van der Waals surface area contributed by atoms with Crippen LogP contribution in [-0.4, -0.2) is 35.1 Å². The number of ether oxygens (including phenoxy) is 2. The minimum atomic E-state index is -1.03. The molecule has 2 amide bonds.